The summed E-state index contributed by atoms with van der Waals surface area (Å²) in [5.41, 5.74) is 1.30. The summed E-state index contributed by atoms with van der Waals surface area (Å²) < 4.78 is 7.04. The van der Waals surface area contributed by atoms with E-state index in [1.54, 1.807) is 0 Å². The molecular formula is C28H28BrOP. The predicted octanol–water partition coefficient (Wildman–Crippen LogP) is 6.46. The molecule has 0 aliphatic rings. The molecule has 4 aromatic carbocycles. The first-order valence-electron chi connectivity index (χ1n) is 10.8. The van der Waals surface area contributed by atoms with Crippen LogP contribution in [0.15, 0.2) is 114 Å². The molecule has 0 saturated carbocycles. The predicted molar refractivity (Wildman–Crippen MR) is 140 cm³/mol. The monoisotopic (exact) mass is 490 g/mol. The van der Waals surface area contributed by atoms with E-state index < -0.39 is 7.26 Å². The Balaban J connectivity index is 1.91. The third kappa shape index (κ3) is 4.76. The average Bonchev–Trinajstić information content (AvgIpc) is 2.84. The van der Waals surface area contributed by atoms with Crippen LogP contribution in [-0.2, 0) is 6.16 Å². The molecule has 0 aliphatic heterocycles. The SMILES string of the molecule is CCCOc1cc(C[PH](c2ccccc2)(c2ccccc2)c2ccccc2)ccc1Br. The van der Waals surface area contributed by atoms with Gasteiger partial charge in [0, 0.05) is 0 Å². The first-order chi connectivity index (χ1) is 15.2. The van der Waals surface area contributed by atoms with Crippen molar-refractivity contribution in [3.8, 4) is 5.75 Å². The van der Waals surface area contributed by atoms with Gasteiger partial charge in [-0.3, -0.25) is 0 Å². The van der Waals surface area contributed by atoms with Gasteiger partial charge in [-0.2, -0.15) is 0 Å². The molecule has 4 rings (SSSR count). The summed E-state index contributed by atoms with van der Waals surface area (Å²) in [7, 11) is -2.31. The van der Waals surface area contributed by atoms with Crippen LogP contribution in [0.5, 0.6) is 5.75 Å². The Hall–Kier alpha value is -2.41. The molecule has 0 fully saturated rings. The molecule has 0 saturated heterocycles. The topological polar surface area (TPSA) is 9.23 Å². The molecule has 0 unspecified atom stereocenters. The van der Waals surface area contributed by atoms with E-state index in [-0.39, 0.29) is 0 Å². The van der Waals surface area contributed by atoms with E-state index >= 15 is 0 Å². The van der Waals surface area contributed by atoms with Crippen LogP contribution in [0.2, 0.25) is 0 Å². The molecule has 0 N–H and O–H groups in total. The van der Waals surface area contributed by atoms with E-state index in [2.05, 4.69) is 132 Å². The number of benzene rings is 4. The summed E-state index contributed by atoms with van der Waals surface area (Å²) in [6, 6.07) is 39.7. The number of ether oxygens (including phenoxy) is 1. The third-order valence-electron chi connectivity index (χ3n) is 5.73. The fraction of sp³-hybridized carbons (Fsp3) is 0.143. The first-order valence-corrected chi connectivity index (χ1v) is 13.8. The van der Waals surface area contributed by atoms with Gasteiger partial charge in [0.25, 0.3) is 0 Å². The maximum atomic E-state index is 6.03. The van der Waals surface area contributed by atoms with E-state index in [4.69, 9.17) is 4.74 Å². The van der Waals surface area contributed by atoms with Crippen LogP contribution >= 0.6 is 23.2 Å². The van der Waals surface area contributed by atoms with Crippen LogP contribution in [0.1, 0.15) is 18.9 Å². The summed E-state index contributed by atoms with van der Waals surface area (Å²) in [5.74, 6) is 0.927. The van der Waals surface area contributed by atoms with E-state index in [0.29, 0.717) is 0 Å². The molecule has 0 spiro atoms. The second-order valence-corrected chi connectivity index (χ2v) is 12.5. The molecule has 0 aliphatic carbocycles. The van der Waals surface area contributed by atoms with Crippen LogP contribution in [0.3, 0.4) is 0 Å². The molecule has 0 radical (unpaired) electrons. The summed E-state index contributed by atoms with van der Waals surface area (Å²) in [4.78, 5) is 0. The van der Waals surface area contributed by atoms with Gasteiger partial charge in [-0.05, 0) is 0 Å². The van der Waals surface area contributed by atoms with Gasteiger partial charge in [0.05, 0.1) is 0 Å². The van der Waals surface area contributed by atoms with E-state index in [1.165, 1.54) is 21.5 Å². The second kappa shape index (κ2) is 10.3. The van der Waals surface area contributed by atoms with Gasteiger partial charge in [-0.1, -0.05) is 0 Å². The quantitative estimate of drug-likeness (QED) is 0.257. The van der Waals surface area contributed by atoms with Crippen molar-refractivity contribution in [3.63, 3.8) is 0 Å². The minimum absolute atomic E-state index is 0.723. The number of hydrogen-bond acceptors (Lipinski definition) is 1. The van der Waals surface area contributed by atoms with Crippen molar-refractivity contribution in [2.45, 2.75) is 19.5 Å². The Morgan fingerprint density at radius 1 is 0.677 bits per heavy atom. The molecular weight excluding hydrogens is 463 g/mol. The third-order valence-corrected chi connectivity index (χ3v) is 11.3. The van der Waals surface area contributed by atoms with Crippen molar-refractivity contribution in [2.75, 3.05) is 6.61 Å². The molecule has 31 heavy (non-hydrogen) atoms. The van der Waals surface area contributed by atoms with Gasteiger partial charge in [-0.15, -0.1) is 0 Å². The van der Waals surface area contributed by atoms with Gasteiger partial charge >= 0.3 is 195 Å². The maximum absolute atomic E-state index is 6.03. The van der Waals surface area contributed by atoms with Crippen molar-refractivity contribution in [1.82, 2.24) is 0 Å². The van der Waals surface area contributed by atoms with Crippen LogP contribution in [-0.4, -0.2) is 6.61 Å². The van der Waals surface area contributed by atoms with Crippen molar-refractivity contribution in [3.05, 3.63) is 119 Å². The van der Waals surface area contributed by atoms with Crippen LogP contribution in [0, 0.1) is 0 Å². The Bertz CT molecular complexity index is 1000. The van der Waals surface area contributed by atoms with Crippen molar-refractivity contribution in [2.24, 2.45) is 0 Å². The summed E-state index contributed by atoms with van der Waals surface area (Å²) in [6.45, 7) is 2.86. The Morgan fingerprint density at radius 3 is 1.61 bits per heavy atom. The van der Waals surface area contributed by atoms with Crippen LogP contribution in [0.4, 0.5) is 0 Å². The molecule has 4 aromatic rings. The van der Waals surface area contributed by atoms with Crippen molar-refractivity contribution in [1.29, 1.82) is 0 Å². The van der Waals surface area contributed by atoms with Crippen LogP contribution in [0.25, 0.3) is 0 Å². The summed E-state index contributed by atoms with van der Waals surface area (Å²) in [6.07, 6.45) is 1.97. The van der Waals surface area contributed by atoms with E-state index in [9.17, 15) is 0 Å². The van der Waals surface area contributed by atoms with Crippen molar-refractivity contribution < 1.29 is 4.74 Å². The summed E-state index contributed by atoms with van der Waals surface area (Å²) in [5, 5.41) is 4.27. The number of hydrogen-bond donors (Lipinski definition) is 0. The number of halogens is 1. The zero-order valence-electron chi connectivity index (χ0n) is 17.8. The Morgan fingerprint density at radius 2 is 1.16 bits per heavy atom. The molecule has 0 amide bonds. The van der Waals surface area contributed by atoms with Crippen molar-refractivity contribution >= 4 is 39.1 Å². The standard InChI is InChI=1S/C28H28BrOP/c1-2-20-30-28-21-23(18-19-27(28)29)22-31(24-12-6-3-7-13-24,25-14-8-4-9-15-25)26-16-10-5-11-17-26/h3-19,21,31H,2,20,22H2,1H3. The van der Waals surface area contributed by atoms with Gasteiger partial charge in [0.2, 0.25) is 0 Å². The summed E-state index contributed by atoms with van der Waals surface area (Å²) >= 11 is 3.66. The van der Waals surface area contributed by atoms with Gasteiger partial charge in [-0.25, -0.2) is 0 Å². The van der Waals surface area contributed by atoms with E-state index in [1.807, 2.05) is 0 Å². The Labute approximate surface area is 194 Å². The first kappa shape index (κ1) is 21.8. The fourth-order valence-electron chi connectivity index (χ4n) is 4.26. The molecule has 3 heteroatoms. The zero-order valence-corrected chi connectivity index (χ0v) is 20.4. The molecule has 1 nitrogen and oxygen atoms in total. The van der Waals surface area contributed by atoms with Gasteiger partial charge in [0.1, 0.15) is 0 Å². The normalized spacial score (nSPS) is 11.8. The number of rotatable bonds is 8. The molecule has 0 heterocycles. The van der Waals surface area contributed by atoms with Gasteiger partial charge < -0.3 is 0 Å². The van der Waals surface area contributed by atoms with Crippen LogP contribution < -0.4 is 20.7 Å². The Kier molecular flexibility index (Phi) is 7.22. The van der Waals surface area contributed by atoms with E-state index in [0.717, 1.165) is 29.4 Å². The minimum atomic E-state index is -2.31. The average molecular weight is 491 g/mol. The fourth-order valence-corrected chi connectivity index (χ4v) is 9.35. The zero-order chi connectivity index (χ0) is 21.5. The molecule has 0 aromatic heterocycles. The van der Waals surface area contributed by atoms with Gasteiger partial charge in [0.15, 0.2) is 0 Å². The molecule has 0 atom stereocenters. The molecule has 158 valence electrons. The molecule has 0 bridgehead atoms. The second-order valence-electron chi connectivity index (χ2n) is 7.79.